The van der Waals surface area contributed by atoms with Gasteiger partial charge in [0, 0.05) is 12.1 Å². The Kier molecular flexibility index (Phi) is 5.48. The van der Waals surface area contributed by atoms with Gasteiger partial charge in [0.05, 0.1) is 22.4 Å². The lowest BCUT2D eigenvalue weighted by molar-refractivity contribution is 0.126. The molecule has 140 valence electrons. The van der Waals surface area contributed by atoms with Crippen LogP contribution in [-0.2, 0) is 10.0 Å². The van der Waals surface area contributed by atoms with Crippen LogP contribution in [0.2, 0.25) is 0 Å². The van der Waals surface area contributed by atoms with E-state index < -0.39 is 15.8 Å². The monoisotopic (exact) mass is 378 g/mol. The number of aliphatic hydroxyl groups excluding tert-OH is 1. The fourth-order valence-corrected chi connectivity index (χ4v) is 4.16. The third kappa shape index (κ3) is 4.53. The number of sulfonamides is 1. The first-order chi connectivity index (χ1) is 12.3. The molecule has 7 heteroatoms. The Bertz CT molecular complexity index is 861. The fourth-order valence-electron chi connectivity index (χ4n) is 3.09. The molecule has 1 fully saturated rings. The van der Waals surface area contributed by atoms with Crippen LogP contribution in [0.3, 0.4) is 0 Å². The Morgan fingerprint density at radius 3 is 2.31 bits per heavy atom. The summed E-state index contributed by atoms with van der Waals surface area (Å²) in [6.45, 7) is 1.87. The van der Waals surface area contributed by atoms with Crippen molar-refractivity contribution in [1.29, 1.82) is 0 Å². The highest BCUT2D eigenvalue weighted by Gasteiger charge is 2.21. The average molecular weight is 378 g/mol. The third-order valence-electron chi connectivity index (χ3n) is 4.61. The zero-order chi connectivity index (χ0) is 18.7. The summed E-state index contributed by atoms with van der Waals surface area (Å²) in [6.07, 6.45) is 2.68. The number of aliphatic hydroxyl groups is 1. The molecule has 0 heterocycles. The van der Waals surface area contributed by atoms with Gasteiger partial charge in [-0.2, -0.15) is 0 Å². The van der Waals surface area contributed by atoms with Crippen LogP contribution in [0.15, 0.2) is 47.4 Å². The van der Waals surface area contributed by atoms with Gasteiger partial charge in [0.15, 0.2) is 0 Å². The van der Waals surface area contributed by atoms with Gasteiger partial charge < -0.3 is 10.4 Å². The standard InChI is InChI=1S/C19H23FN2O3S/c1-13-2-9-17(10-3-13)26(24,25)22-19-12-14(20)4-11-18(19)21-15-5-7-16(23)8-6-15/h2-4,9-12,15-16,21-23H,5-8H2,1H3. The molecular weight excluding hydrogens is 355 g/mol. The van der Waals surface area contributed by atoms with Crippen LogP contribution in [0, 0.1) is 12.7 Å². The maximum absolute atomic E-state index is 13.7. The topological polar surface area (TPSA) is 78.4 Å². The molecule has 0 saturated heterocycles. The van der Waals surface area contributed by atoms with Crippen molar-refractivity contribution < 1.29 is 17.9 Å². The minimum atomic E-state index is -3.82. The summed E-state index contributed by atoms with van der Waals surface area (Å²) in [5.74, 6) is -0.517. The normalized spacial score (nSPS) is 20.6. The van der Waals surface area contributed by atoms with Crippen molar-refractivity contribution in [3.05, 3.63) is 53.8 Å². The van der Waals surface area contributed by atoms with E-state index in [4.69, 9.17) is 0 Å². The molecule has 0 aromatic heterocycles. The van der Waals surface area contributed by atoms with Crippen molar-refractivity contribution in [3.63, 3.8) is 0 Å². The Balaban J connectivity index is 1.82. The maximum Gasteiger partial charge on any atom is 0.261 e. The van der Waals surface area contributed by atoms with E-state index in [2.05, 4.69) is 10.0 Å². The van der Waals surface area contributed by atoms with E-state index in [1.54, 1.807) is 12.1 Å². The minimum absolute atomic E-state index is 0.117. The Labute approximate surface area is 153 Å². The highest BCUT2D eigenvalue weighted by atomic mass is 32.2. The zero-order valence-corrected chi connectivity index (χ0v) is 15.4. The number of halogens is 1. The second-order valence-corrected chi connectivity index (χ2v) is 8.44. The number of hydrogen-bond donors (Lipinski definition) is 3. The van der Waals surface area contributed by atoms with Gasteiger partial charge in [-0.05, 0) is 56.9 Å². The molecule has 0 atom stereocenters. The Hall–Kier alpha value is -2.12. The summed E-state index contributed by atoms with van der Waals surface area (Å²) in [7, 11) is -3.82. The Morgan fingerprint density at radius 1 is 1.00 bits per heavy atom. The fraction of sp³-hybridized carbons (Fsp3) is 0.368. The molecule has 1 saturated carbocycles. The van der Waals surface area contributed by atoms with E-state index in [9.17, 15) is 17.9 Å². The molecule has 2 aromatic rings. The molecule has 3 rings (SSSR count). The van der Waals surface area contributed by atoms with Crippen molar-refractivity contribution >= 4 is 21.4 Å². The summed E-state index contributed by atoms with van der Waals surface area (Å²) >= 11 is 0. The zero-order valence-electron chi connectivity index (χ0n) is 14.6. The molecular formula is C19H23FN2O3S. The number of anilines is 2. The summed E-state index contributed by atoms with van der Waals surface area (Å²) in [5.41, 5.74) is 1.66. The number of nitrogens with one attached hydrogen (secondary N) is 2. The lowest BCUT2D eigenvalue weighted by Gasteiger charge is -2.28. The molecule has 1 aliphatic carbocycles. The summed E-state index contributed by atoms with van der Waals surface area (Å²) in [5, 5.41) is 12.9. The minimum Gasteiger partial charge on any atom is -0.393 e. The van der Waals surface area contributed by atoms with Gasteiger partial charge in [0.25, 0.3) is 10.0 Å². The van der Waals surface area contributed by atoms with Gasteiger partial charge in [0.1, 0.15) is 5.82 Å². The molecule has 5 nitrogen and oxygen atoms in total. The van der Waals surface area contributed by atoms with Gasteiger partial charge in [-0.15, -0.1) is 0 Å². The molecule has 0 radical (unpaired) electrons. The highest BCUT2D eigenvalue weighted by molar-refractivity contribution is 7.92. The summed E-state index contributed by atoms with van der Waals surface area (Å²) in [4.78, 5) is 0.124. The maximum atomic E-state index is 13.7. The molecule has 0 bridgehead atoms. The molecule has 2 aromatic carbocycles. The second-order valence-electron chi connectivity index (χ2n) is 6.76. The van der Waals surface area contributed by atoms with Crippen LogP contribution in [0.25, 0.3) is 0 Å². The van der Waals surface area contributed by atoms with Crippen molar-refractivity contribution in [1.82, 2.24) is 0 Å². The van der Waals surface area contributed by atoms with E-state index in [-0.39, 0.29) is 22.7 Å². The van der Waals surface area contributed by atoms with Crippen LogP contribution >= 0.6 is 0 Å². The van der Waals surface area contributed by atoms with E-state index in [1.165, 1.54) is 30.3 Å². The van der Waals surface area contributed by atoms with Crippen molar-refractivity contribution in [2.24, 2.45) is 0 Å². The van der Waals surface area contributed by atoms with Crippen LogP contribution in [0.5, 0.6) is 0 Å². The first kappa shape index (κ1) is 18.7. The predicted molar refractivity (Wildman–Crippen MR) is 100 cm³/mol. The number of aryl methyl sites for hydroxylation is 1. The highest BCUT2D eigenvalue weighted by Crippen LogP contribution is 2.29. The summed E-state index contributed by atoms with van der Waals surface area (Å²) < 4.78 is 41.4. The van der Waals surface area contributed by atoms with Crippen molar-refractivity contribution in [2.45, 2.75) is 49.6 Å². The molecule has 0 spiro atoms. The van der Waals surface area contributed by atoms with Crippen LogP contribution in [0.4, 0.5) is 15.8 Å². The molecule has 3 N–H and O–H groups in total. The lowest BCUT2D eigenvalue weighted by Crippen LogP contribution is -2.28. The molecule has 26 heavy (non-hydrogen) atoms. The van der Waals surface area contributed by atoms with Gasteiger partial charge >= 0.3 is 0 Å². The molecule has 0 unspecified atom stereocenters. The van der Waals surface area contributed by atoms with E-state index in [0.717, 1.165) is 18.4 Å². The van der Waals surface area contributed by atoms with Crippen LogP contribution in [-0.4, -0.2) is 25.7 Å². The van der Waals surface area contributed by atoms with Gasteiger partial charge in [-0.1, -0.05) is 17.7 Å². The van der Waals surface area contributed by atoms with Gasteiger partial charge in [-0.3, -0.25) is 4.72 Å². The third-order valence-corrected chi connectivity index (χ3v) is 5.99. The lowest BCUT2D eigenvalue weighted by atomic mass is 9.93. The summed E-state index contributed by atoms with van der Waals surface area (Å²) in [6, 6.07) is 10.6. The largest absolute Gasteiger partial charge is 0.393 e. The first-order valence-corrected chi connectivity index (χ1v) is 10.2. The Morgan fingerprint density at radius 2 is 1.65 bits per heavy atom. The van der Waals surface area contributed by atoms with Crippen molar-refractivity contribution in [2.75, 3.05) is 10.0 Å². The SMILES string of the molecule is Cc1ccc(S(=O)(=O)Nc2cc(F)ccc2NC2CCC(O)CC2)cc1. The molecule has 1 aliphatic rings. The van der Waals surface area contributed by atoms with Gasteiger partial charge in [0.2, 0.25) is 0 Å². The van der Waals surface area contributed by atoms with Crippen LogP contribution < -0.4 is 10.0 Å². The van der Waals surface area contributed by atoms with Gasteiger partial charge in [-0.25, -0.2) is 12.8 Å². The second kappa shape index (κ2) is 7.63. The molecule has 0 amide bonds. The van der Waals surface area contributed by atoms with Crippen molar-refractivity contribution in [3.8, 4) is 0 Å². The van der Waals surface area contributed by atoms with E-state index >= 15 is 0 Å². The number of benzene rings is 2. The van der Waals surface area contributed by atoms with E-state index in [0.29, 0.717) is 18.5 Å². The number of hydrogen-bond acceptors (Lipinski definition) is 4. The number of rotatable bonds is 5. The first-order valence-electron chi connectivity index (χ1n) is 8.67. The predicted octanol–water partition coefficient (Wildman–Crippen LogP) is 3.65. The van der Waals surface area contributed by atoms with Crippen LogP contribution in [0.1, 0.15) is 31.2 Å². The smallest absolute Gasteiger partial charge is 0.261 e. The quantitative estimate of drug-likeness (QED) is 0.742. The average Bonchev–Trinajstić information content (AvgIpc) is 2.59. The van der Waals surface area contributed by atoms with E-state index in [1.807, 2.05) is 6.92 Å². The molecule has 0 aliphatic heterocycles.